The first kappa shape index (κ1) is 17.5. The van der Waals surface area contributed by atoms with Gasteiger partial charge in [0.05, 0.1) is 10.2 Å². The Balaban J connectivity index is 1.40. The van der Waals surface area contributed by atoms with E-state index in [4.69, 9.17) is 9.15 Å². The Kier molecular flexibility index (Phi) is 4.26. The smallest absolute Gasteiger partial charge is 0.293 e. The number of nitrogens with zero attached hydrogens (tertiary/aromatic N) is 1. The third-order valence-corrected chi connectivity index (χ3v) is 5.54. The van der Waals surface area contributed by atoms with Gasteiger partial charge in [0.1, 0.15) is 17.1 Å². The Morgan fingerprint density at radius 3 is 2.62 bits per heavy atom. The number of aryl methyl sites for hydroxylation is 1. The molecule has 6 heteroatoms. The zero-order valence-corrected chi connectivity index (χ0v) is 16.3. The van der Waals surface area contributed by atoms with Crippen molar-refractivity contribution in [3.8, 4) is 11.5 Å². The fraction of sp³-hybridized carbons (Fsp3) is 0.0435. The van der Waals surface area contributed by atoms with Gasteiger partial charge in [0.2, 0.25) is 0 Å². The Morgan fingerprint density at radius 1 is 1.00 bits per heavy atom. The lowest BCUT2D eigenvalue weighted by atomic mass is 10.1. The van der Waals surface area contributed by atoms with Gasteiger partial charge in [-0.25, -0.2) is 4.98 Å². The first-order valence-electron chi connectivity index (χ1n) is 9.10. The number of ether oxygens (including phenoxy) is 1. The number of nitrogens with one attached hydrogen (secondary N) is 1. The quantitative estimate of drug-likeness (QED) is 0.379. The maximum absolute atomic E-state index is 12.7. The first-order chi connectivity index (χ1) is 14.2. The summed E-state index contributed by atoms with van der Waals surface area (Å²) >= 11 is 1.39. The summed E-state index contributed by atoms with van der Waals surface area (Å²) in [6, 6.07) is 22.9. The Morgan fingerprint density at radius 2 is 1.79 bits per heavy atom. The van der Waals surface area contributed by atoms with Gasteiger partial charge in [-0.15, -0.1) is 0 Å². The SMILES string of the molecule is Cc1c(C(=O)Nc2nc3ccc(Oc4ccccc4)cc3s2)oc2ccccc12. The van der Waals surface area contributed by atoms with Crippen LogP contribution in [0.3, 0.4) is 0 Å². The van der Waals surface area contributed by atoms with E-state index in [9.17, 15) is 4.79 Å². The van der Waals surface area contributed by atoms with Crippen LogP contribution in [0.15, 0.2) is 77.2 Å². The number of hydrogen-bond acceptors (Lipinski definition) is 5. The summed E-state index contributed by atoms with van der Waals surface area (Å²) < 4.78 is 12.5. The van der Waals surface area contributed by atoms with E-state index in [2.05, 4.69) is 10.3 Å². The molecular formula is C23H16N2O3S. The predicted octanol–water partition coefficient (Wildman–Crippen LogP) is 6.40. The minimum Gasteiger partial charge on any atom is -0.457 e. The highest BCUT2D eigenvalue weighted by Crippen LogP contribution is 2.32. The first-order valence-corrected chi connectivity index (χ1v) is 9.92. The molecule has 0 radical (unpaired) electrons. The number of para-hydroxylation sites is 2. The van der Waals surface area contributed by atoms with Gasteiger partial charge in [-0.05, 0) is 37.3 Å². The molecule has 5 aromatic rings. The van der Waals surface area contributed by atoms with Gasteiger partial charge in [0.15, 0.2) is 10.9 Å². The van der Waals surface area contributed by atoms with Gasteiger partial charge >= 0.3 is 0 Å². The molecule has 0 unspecified atom stereocenters. The molecule has 0 saturated carbocycles. The van der Waals surface area contributed by atoms with E-state index in [0.717, 1.165) is 32.7 Å². The monoisotopic (exact) mass is 400 g/mol. The van der Waals surface area contributed by atoms with Crippen LogP contribution in [0.5, 0.6) is 11.5 Å². The molecule has 0 saturated heterocycles. The molecule has 0 bridgehead atoms. The molecule has 29 heavy (non-hydrogen) atoms. The number of rotatable bonds is 4. The van der Waals surface area contributed by atoms with Crippen molar-refractivity contribution in [2.24, 2.45) is 0 Å². The van der Waals surface area contributed by atoms with Crippen LogP contribution < -0.4 is 10.1 Å². The molecule has 3 aromatic carbocycles. The Bertz CT molecular complexity index is 1340. The molecule has 1 amide bonds. The molecule has 0 aliphatic rings. The maximum atomic E-state index is 12.7. The van der Waals surface area contributed by atoms with Crippen molar-refractivity contribution < 1.29 is 13.9 Å². The lowest BCUT2D eigenvalue weighted by Gasteiger charge is -2.04. The number of carbonyl (C=O) groups is 1. The zero-order valence-electron chi connectivity index (χ0n) is 15.5. The number of aromatic nitrogens is 1. The van der Waals surface area contributed by atoms with Crippen LogP contribution in [-0.2, 0) is 0 Å². The average molecular weight is 400 g/mol. The number of carbonyl (C=O) groups excluding carboxylic acids is 1. The minimum absolute atomic E-state index is 0.304. The maximum Gasteiger partial charge on any atom is 0.293 e. The van der Waals surface area contributed by atoms with Crippen LogP contribution in [0.1, 0.15) is 16.1 Å². The summed E-state index contributed by atoms with van der Waals surface area (Å²) in [4.78, 5) is 17.2. The van der Waals surface area contributed by atoms with Gasteiger partial charge in [-0.1, -0.05) is 47.7 Å². The van der Waals surface area contributed by atoms with E-state index in [1.54, 1.807) is 0 Å². The van der Waals surface area contributed by atoms with Crippen molar-refractivity contribution in [2.75, 3.05) is 5.32 Å². The van der Waals surface area contributed by atoms with E-state index in [-0.39, 0.29) is 5.91 Å². The van der Waals surface area contributed by atoms with Gasteiger partial charge in [-0.2, -0.15) is 0 Å². The summed E-state index contributed by atoms with van der Waals surface area (Å²) in [5, 5.41) is 4.30. The van der Waals surface area contributed by atoms with Gasteiger partial charge in [-0.3, -0.25) is 10.1 Å². The lowest BCUT2D eigenvalue weighted by Crippen LogP contribution is -2.11. The second kappa shape index (κ2) is 7.07. The molecule has 2 aromatic heterocycles. The van der Waals surface area contributed by atoms with Crippen molar-refractivity contribution >= 4 is 43.6 Å². The molecule has 2 heterocycles. The zero-order chi connectivity index (χ0) is 19.8. The van der Waals surface area contributed by atoms with Crippen molar-refractivity contribution in [3.63, 3.8) is 0 Å². The molecule has 0 fully saturated rings. The second-order valence-corrected chi connectivity index (χ2v) is 7.60. The van der Waals surface area contributed by atoms with Crippen molar-refractivity contribution in [1.82, 2.24) is 4.98 Å². The molecule has 142 valence electrons. The van der Waals surface area contributed by atoms with E-state index in [1.165, 1.54) is 11.3 Å². The Labute approximate surface area is 170 Å². The number of amides is 1. The highest BCUT2D eigenvalue weighted by Gasteiger charge is 2.19. The van der Waals surface area contributed by atoms with Crippen LogP contribution in [0.2, 0.25) is 0 Å². The van der Waals surface area contributed by atoms with E-state index in [0.29, 0.717) is 16.5 Å². The highest BCUT2D eigenvalue weighted by atomic mass is 32.1. The molecule has 0 aliphatic carbocycles. The number of furan rings is 1. The summed E-state index contributed by atoms with van der Waals surface area (Å²) in [6.45, 7) is 1.88. The molecule has 0 aliphatic heterocycles. The molecule has 1 N–H and O–H groups in total. The van der Waals surface area contributed by atoms with Crippen molar-refractivity contribution in [3.05, 3.63) is 84.1 Å². The minimum atomic E-state index is -0.307. The third-order valence-electron chi connectivity index (χ3n) is 4.61. The van der Waals surface area contributed by atoms with Gasteiger partial charge in [0.25, 0.3) is 5.91 Å². The van der Waals surface area contributed by atoms with Gasteiger partial charge in [0, 0.05) is 17.0 Å². The van der Waals surface area contributed by atoms with Gasteiger partial charge < -0.3 is 9.15 Å². The normalized spacial score (nSPS) is 11.1. The number of benzene rings is 3. The lowest BCUT2D eigenvalue weighted by molar-refractivity contribution is 0.0998. The van der Waals surface area contributed by atoms with Crippen LogP contribution in [0.4, 0.5) is 5.13 Å². The van der Waals surface area contributed by atoms with Crippen LogP contribution in [0, 0.1) is 6.92 Å². The van der Waals surface area contributed by atoms with Crippen LogP contribution in [-0.4, -0.2) is 10.9 Å². The van der Waals surface area contributed by atoms with Crippen molar-refractivity contribution in [1.29, 1.82) is 0 Å². The number of thiazole rings is 1. The Hall–Kier alpha value is -3.64. The molecule has 5 rings (SSSR count). The van der Waals surface area contributed by atoms with Crippen LogP contribution in [0.25, 0.3) is 21.2 Å². The molecule has 0 atom stereocenters. The molecule has 5 nitrogen and oxygen atoms in total. The van der Waals surface area contributed by atoms with Crippen LogP contribution >= 0.6 is 11.3 Å². The fourth-order valence-corrected chi connectivity index (χ4v) is 4.08. The fourth-order valence-electron chi connectivity index (χ4n) is 3.19. The van der Waals surface area contributed by atoms with E-state index >= 15 is 0 Å². The average Bonchev–Trinajstić information content (AvgIpc) is 3.29. The summed E-state index contributed by atoms with van der Waals surface area (Å²) in [5.74, 6) is 1.49. The molecule has 0 spiro atoms. The summed E-state index contributed by atoms with van der Waals surface area (Å²) in [7, 11) is 0. The largest absolute Gasteiger partial charge is 0.457 e. The summed E-state index contributed by atoms with van der Waals surface area (Å²) in [5.41, 5.74) is 2.31. The highest BCUT2D eigenvalue weighted by molar-refractivity contribution is 7.22. The molecular weight excluding hydrogens is 384 g/mol. The van der Waals surface area contributed by atoms with E-state index in [1.807, 2.05) is 79.7 Å². The second-order valence-electron chi connectivity index (χ2n) is 6.57. The van der Waals surface area contributed by atoms with Crippen molar-refractivity contribution in [2.45, 2.75) is 6.92 Å². The standard InChI is InChI=1S/C23H16N2O3S/c1-14-17-9-5-6-10-19(17)28-21(14)22(26)25-23-24-18-12-11-16(13-20(18)29-23)27-15-7-3-2-4-8-15/h2-13H,1H3,(H,24,25,26). The number of hydrogen-bond donors (Lipinski definition) is 1. The van der Waals surface area contributed by atoms with E-state index < -0.39 is 0 Å². The number of anilines is 1. The third kappa shape index (κ3) is 3.34. The summed E-state index contributed by atoms with van der Waals surface area (Å²) in [6.07, 6.45) is 0. The topological polar surface area (TPSA) is 64.4 Å². The predicted molar refractivity (Wildman–Crippen MR) is 115 cm³/mol. The number of fused-ring (bicyclic) bond motifs is 2.